The summed E-state index contributed by atoms with van der Waals surface area (Å²) < 4.78 is 0. The zero-order valence-corrected chi connectivity index (χ0v) is 7.59. The first kappa shape index (κ1) is 9.05. The Morgan fingerprint density at radius 3 is 3.08 bits per heavy atom. The van der Waals surface area contributed by atoms with E-state index in [9.17, 15) is 0 Å². The standard InChI is InChI=1S/C12H15/c1-2-3-4-6-9-12-10-7-5-8-11-12/h5-7,9-11H,2-4H2,1H3. The fourth-order valence-corrected chi connectivity index (χ4v) is 1.05. The van der Waals surface area contributed by atoms with Gasteiger partial charge in [0, 0.05) is 0 Å². The van der Waals surface area contributed by atoms with Crippen LogP contribution in [0.15, 0.2) is 30.3 Å². The molecule has 0 aliphatic carbocycles. The van der Waals surface area contributed by atoms with Crippen LogP contribution in [0.2, 0.25) is 0 Å². The molecule has 0 spiro atoms. The van der Waals surface area contributed by atoms with Crippen molar-refractivity contribution >= 4 is 6.08 Å². The molecule has 0 nitrogen and oxygen atoms in total. The van der Waals surface area contributed by atoms with E-state index >= 15 is 0 Å². The highest BCUT2D eigenvalue weighted by Gasteiger charge is 1.82. The molecule has 0 saturated carbocycles. The van der Waals surface area contributed by atoms with Crippen molar-refractivity contribution in [2.24, 2.45) is 0 Å². The van der Waals surface area contributed by atoms with Gasteiger partial charge in [0.15, 0.2) is 0 Å². The maximum absolute atomic E-state index is 3.05. The van der Waals surface area contributed by atoms with Gasteiger partial charge in [-0.05, 0) is 24.1 Å². The minimum absolute atomic E-state index is 1.19. The van der Waals surface area contributed by atoms with Gasteiger partial charge in [-0.1, -0.05) is 50.1 Å². The first-order valence-corrected chi connectivity index (χ1v) is 4.56. The molecule has 0 aliphatic heterocycles. The smallest absolute Gasteiger partial charge is 0.0178 e. The Bertz CT molecular complexity index is 221. The highest BCUT2D eigenvalue weighted by Crippen LogP contribution is 2.03. The monoisotopic (exact) mass is 159 g/mol. The van der Waals surface area contributed by atoms with E-state index in [-0.39, 0.29) is 0 Å². The van der Waals surface area contributed by atoms with E-state index in [1.165, 1.54) is 24.8 Å². The van der Waals surface area contributed by atoms with Gasteiger partial charge < -0.3 is 0 Å². The molecule has 1 radical (unpaired) electrons. The molecule has 0 aromatic heterocycles. The Morgan fingerprint density at radius 2 is 2.42 bits per heavy atom. The van der Waals surface area contributed by atoms with Crippen LogP contribution in [0, 0.1) is 6.07 Å². The zero-order chi connectivity index (χ0) is 8.65. The summed E-state index contributed by atoms with van der Waals surface area (Å²) in [5.74, 6) is 0. The maximum Gasteiger partial charge on any atom is -0.0178 e. The Hall–Kier alpha value is -1.04. The fraction of sp³-hybridized carbons (Fsp3) is 0.333. The van der Waals surface area contributed by atoms with Crippen LogP contribution in [0.5, 0.6) is 0 Å². The number of hydrogen-bond donors (Lipinski definition) is 0. The lowest BCUT2D eigenvalue weighted by Gasteiger charge is -1.90. The summed E-state index contributed by atoms with van der Waals surface area (Å²) in [7, 11) is 0. The molecule has 0 heteroatoms. The van der Waals surface area contributed by atoms with E-state index in [1.54, 1.807) is 0 Å². The Balaban J connectivity index is 2.36. The summed E-state index contributed by atoms with van der Waals surface area (Å²) in [6.45, 7) is 2.21. The zero-order valence-electron chi connectivity index (χ0n) is 7.59. The average molecular weight is 159 g/mol. The Kier molecular flexibility index (Phi) is 4.22. The molecule has 0 atom stereocenters. The second-order valence-electron chi connectivity index (χ2n) is 2.88. The van der Waals surface area contributed by atoms with Crippen molar-refractivity contribution in [2.75, 3.05) is 0 Å². The second-order valence-corrected chi connectivity index (χ2v) is 2.88. The Labute approximate surface area is 74.9 Å². The topological polar surface area (TPSA) is 0 Å². The summed E-state index contributed by atoms with van der Waals surface area (Å²) in [5, 5.41) is 0. The van der Waals surface area contributed by atoms with Crippen LogP contribution < -0.4 is 0 Å². The van der Waals surface area contributed by atoms with Crippen LogP contribution in [-0.2, 0) is 0 Å². The van der Waals surface area contributed by atoms with Crippen molar-refractivity contribution in [2.45, 2.75) is 26.2 Å². The maximum atomic E-state index is 3.05. The second kappa shape index (κ2) is 5.59. The minimum atomic E-state index is 1.19. The summed E-state index contributed by atoms with van der Waals surface area (Å²) >= 11 is 0. The van der Waals surface area contributed by atoms with Crippen LogP contribution in [0.25, 0.3) is 6.08 Å². The molecule has 0 heterocycles. The number of rotatable bonds is 4. The first-order chi connectivity index (χ1) is 5.93. The third kappa shape index (κ3) is 3.38. The predicted molar refractivity (Wildman–Crippen MR) is 53.8 cm³/mol. The number of hydrogen-bond acceptors (Lipinski definition) is 0. The number of benzene rings is 1. The molecular weight excluding hydrogens is 144 g/mol. The summed E-state index contributed by atoms with van der Waals surface area (Å²) in [6, 6.07) is 11.1. The lowest BCUT2D eigenvalue weighted by atomic mass is 10.2. The molecule has 0 fully saturated rings. The lowest BCUT2D eigenvalue weighted by molar-refractivity contribution is 0.816. The molecule has 12 heavy (non-hydrogen) atoms. The van der Waals surface area contributed by atoms with Gasteiger partial charge in [-0.15, -0.1) is 0 Å². The molecule has 0 bridgehead atoms. The quantitative estimate of drug-likeness (QED) is 0.588. The van der Waals surface area contributed by atoms with Crippen LogP contribution in [0.1, 0.15) is 31.7 Å². The summed E-state index contributed by atoms with van der Waals surface area (Å²) in [4.78, 5) is 0. The average Bonchev–Trinajstić information content (AvgIpc) is 2.14. The summed E-state index contributed by atoms with van der Waals surface area (Å²) in [5.41, 5.74) is 1.24. The van der Waals surface area contributed by atoms with Gasteiger partial charge in [0.25, 0.3) is 0 Å². The van der Waals surface area contributed by atoms with Crippen molar-refractivity contribution in [3.63, 3.8) is 0 Å². The van der Waals surface area contributed by atoms with Gasteiger partial charge in [-0.3, -0.25) is 0 Å². The normalized spacial score (nSPS) is 10.8. The first-order valence-electron chi connectivity index (χ1n) is 4.56. The van der Waals surface area contributed by atoms with E-state index < -0.39 is 0 Å². The molecule has 0 saturated heterocycles. The molecule has 1 aromatic rings. The van der Waals surface area contributed by atoms with Crippen LogP contribution in [0.3, 0.4) is 0 Å². The molecule has 63 valence electrons. The van der Waals surface area contributed by atoms with Crippen molar-refractivity contribution in [3.8, 4) is 0 Å². The lowest BCUT2D eigenvalue weighted by Crippen LogP contribution is -1.70. The molecule has 1 rings (SSSR count). The Morgan fingerprint density at radius 1 is 1.50 bits per heavy atom. The minimum Gasteiger partial charge on any atom is -0.0839 e. The molecule has 0 unspecified atom stereocenters. The van der Waals surface area contributed by atoms with Gasteiger partial charge in [-0.25, -0.2) is 0 Å². The molecule has 1 aromatic carbocycles. The van der Waals surface area contributed by atoms with Crippen LogP contribution in [0.4, 0.5) is 0 Å². The van der Waals surface area contributed by atoms with Gasteiger partial charge in [0.05, 0.1) is 0 Å². The molecule has 0 amide bonds. The van der Waals surface area contributed by atoms with Crippen LogP contribution in [-0.4, -0.2) is 0 Å². The summed E-state index contributed by atoms with van der Waals surface area (Å²) in [6.07, 6.45) is 8.13. The molecule has 0 N–H and O–H groups in total. The van der Waals surface area contributed by atoms with E-state index in [1.807, 2.05) is 18.2 Å². The van der Waals surface area contributed by atoms with Gasteiger partial charge in [-0.2, -0.15) is 0 Å². The van der Waals surface area contributed by atoms with Crippen molar-refractivity contribution < 1.29 is 0 Å². The van der Waals surface area contributed by atoms with Crippen molar-refractivity contribution in [3.05, 3.63) is 42.0 Å². The van der Waals surface area contributed by atoms with E-state index in [0.717, 1.165) is 0 Å². The van der Waals surface area contributed by atoms with Crippen molar-refractivity contribution in [1.29, 1.82) is 0 Å². The van der Waals surface area contributed by atoms with E-state index in [4.69, 9.17) is 0 Å². The van der Waals surface area contributed by atoms with Crippen LogP contribution >= 0.6 is 0 Å². The highest BCUT2D eigenvalue weighted by atomic mass is 13.9. The van der Waals surface area contributed by atoms with Gasteiger partial charge in [0.2, 0.25) is 0 Å². The van der Waals surface area contributed by atoms with Gasteiger partial charge in [0.1, 0.15) is 0 Å². The van der Waals surface area contributed by atoms with E-state index in [0.29, 0.717) is 0 Å². The SMILES string of the molecule is CCCCC=Cc1c[c]ccc1. The highest BCUT2D eigenvalue weighted by molar-refractivity contribution is 5.48. The molecule has 0 aliphatic rings. The third-order valence-electron chi connectivity index (χ3n) is 1.77. The van der Waals surface area contributed by atoms with Gasteiger partial charge >= 0.3 is 0 Å². The molecular formula is C12H15. The fourth-order valence-electron chi connectivity index (χ4n) is 1.05. The van der Waals surface area contributed by atoms with Crippen molar-refractivity contribution in [1.82, 2.24) is 0 Å². The number of allylic oxidation sites excluding steroid dienone is 1. The number of unbranched alkanes of at least 4 members (excludes halogenated alkanes) is 2. The third-order valence-corrected chi connectivity index (χ3v) is 1.77. The largest absolute Gasteiger partial charge is 0.0839 e. The van der Waals surface area contributed by atoms with E-state index in [2.05, 4.69) is 31.2 Å². The predicted octanol–water partition coefficient (Wildman–Crippen LogP) is 3.69.